The minimum Gasteiger partial charge on any atom is -0.479 e. The number of carboxylic acid groups (broad SMARTS) is 1. The second-order valence-corrected chi connectivity index (χ2v) is 5.46. The Morgan fingerprint density at radius 2 is 2.00 bits per heavy atom. The predicted octanol–water partition coefficient (Wildman–Crippen LogP) is 0.724. The molecule has 19 heavy (non-hydrogen) atoms. The van der Waals surface area contributed by atoms with Crippen molar-refractivity contribution in [2.45, 2.75) is 32.0 Å². The lowest BCUT2D eigenvalue weighted by Crippen LogP contribution is -2.54. The van der Waals surface area contributed by atoms with Crippen LogP contribution in [0.1, 0.15) is 20.8 Å². The van der Waals surface area contributed by atoms with Gasteiger partial charge >= 0.3 is 12.1 Å². The summed E-state index contributed by atoms with van der Waals surface area (Å²) in [6.07, 6.45) is -0.569. The highest BCUT2D eigenvalue weighted by Gasteiger charge is 2.44. The Morgan fingerprint density at radius 1 is 1.37 bits per heavy atom. The maximum atomic E-state index is 12.0. The Balaban J connectivity index is 2.84. The summed E-state index contributed by atoms with van der Waals surface area (Å²) in [5, 5.41) is 9.26. The smallest absolute Gasteiger partial charge is 0.410 e. The number of hydrogen-bond donors (Lipinski definition) is 1. The molecule has 1 saturated heterocycles. The van der Waals surface area contributed by atoms with Crippen LogP contribution >= 0.6 is 0 Å². The minimum atomic E-state index is -1.55. The first-order chi connectivity index (χ1) is 8.70. The Hall–Kier alpha value is -1.34. The van der Waals surface area contributed by atoms with Crippen LogP contribution in [0.2, 0.25) is 0 Å². The highest BCUT2D eigenvalue weighted by atomic mass is 16.6. The SMILES string of the molecule is COC1(C(=O)O)COCCN(C(=O)OC(C)(C)C)C1. The van der Waals surface area contributed by atoms with Gasteiger partial charge in [-0.25, -0.2) is 9.59 Å². The van der Waals surface area contributed by atoms with Crippen molar-refractivity contribution in [2.75, 3.05) is 33.4 Å². The van der Waals surface area contributed by atoms with Crippen molar-refractivity contribution in [2.24, 2.45) is 0 Å². The number of ether oxygens (including phenoxy) is 3. The van der Waals surface area contributed by atoms with Crippen LogP contribution < -0.4 is 0 Å². The van der Waals surface area contributed by atoms with Crippen molar-refractivity contribution < 1.29 is 28.9 Å². The number of nitrogens with zero attached hydrogens (tertiary/aromatic N) is 1. The molecular formula is C12H21NO6. The zero-order chi connectivity index (χ0) is 14.7. The number of aliphatic carboxylic acids is 1. The molecule has 7 heteroatoms. The number of amides is 1. The largest absolute Gasteiger partial charge is 0.479 e. The normalized spacial score (nSPS) is 24.7. The third-order valence-electron chi connectivity index (χ3n) is 2.72. The fourth-order valence-electron chi connectivity index (χ4n) is 1.67. The molecule has 0 bridgehead atoms. The fraction of sp³-hybridized carbons (Fsp3) is 0.833. The molecule has 7 nitrogen and oxygen atoms in total. The quantitative estimate of drug-likeness (QED) is 0.799. The number of carboxylic acids is 1. The maximum Gasteiger partial charge on any atom is 0.410 e. The van der Waals surface area contributed by atoms with E-state index < -0.39 is 23.3 Å². The van der Waals surface area contributed by atoms with E-state index in [1.807, 2.05) is 0 Å². The third-order valence-corrected chi connectivity index (χ3v) is 2.72. The molecular weight excluding hydrogens is 254 g/mol. The molecule has 0 radical (unpaired) electrons. The summed E-state index contributed by atoms with van der Waals surface area (Å²) in [6.45, 7) is 5.57. The van der Waals surface area contributed by atoms with Gasteiger partial charge in [0, 0.05) is 13.7 Å². The van der Waals surface area contributed by atoms with E-state index in [0.717, 1.165) is 0 Å². The van der Waals surface area contributed by atoms with Gasteiger partial charge in [-0.05, 0) is 20.8 Å². The number of carbonyl (C=O) groups is 2. The van der Waals surface area contributed by atoms with Crippen molar-refractivity contribution >= 4 is 12.1 Å². The van der Waals surface area contributed by atoms with E-state index in [4.69, 9.17) is 14.2 Å². The van der Waals surface area contributed by atoms with Gasteiger partial charge in [-0.15, -0.1) is 0 Å². The fourth-order valence-corrected chi connectivity index (χ4v) is 1.67. The number of hydrogen-bond acceptors (Lipinski definition) is 5. The molecule has 0 aromatic heterocycles. The summed E-state index contributed by atoms with van der Waals surface area (Å²) in [4.78, 5) is 24.6. The molecule has 110 valence electrons. The number of methoxy groups -OCH3 is 1. The first kappa shape index (κ1) is 15.7. The van der Waals surface area contributed by atoms with Gasteiger partial charge in [-0.2, -0.15) is 0 Å². The Bertz CT molecular complexity index is 351. The second-order valence-electron chi connectivity index (χ2n) is 5.46. The molecule has 1 aliphatic rings. The van der Waals surface area contributed by atoms with Crippen LogP contribution in [0, 0.1) is 0 Å². The summed E-state index contributed by atoms with van der Waals surface area (Å²) in [5.41, 5.74) is -2.18. The van der Waals surface area contributed by atoms with E-state index in [0.29, 0.717) is 0 Å². The van der Waals surface area contributed by atoms with Crippen LogP contribution in [0.4, 0.5) is 4.79 Å². The lowest BCUT2D eigenvalue weighted by atomic mass is 10.1. The van der Waals surface area contributed by atoms with E-state index in [2.05, 4.69) is 0 Å². The summed E-state index contributed by atoms with van der Waals surface area (Å²) in [5.74, 6) is -1.16. The zero-order valence-corrected chi connectivity index (χ0v) is 11.8. The van der Waals surface area contributed by atoms with Gasteiger partial charge in [0.25, 0.3) is 0 Å². The molecule has 1 aliphatic heterocycles. The first-order valence-electron chi connectivity index (χ1n) is 6.04. The Kier molecular flexibility index (Phi) is 4.75. The lowest BCUT2D eigenvalue weighted by Gasteiger charge is -2.31. The van der Waals surface area contributed by atoms with Gasteiger partial charge in [0.05, 0.1) is 19.8 Å². The number of rotatable bonds is 2. The van der Waals surface area contributed by atoms with Gasteiger partial charge in [0.1, 0.15) is 5.60 Å². The van der Waals surface area contributed by atoms with Crippen LogP contribution in [0.5, 0.6) is 0 Å². The molecule has 0 aliphatic carbocycles. The van der Waals surface area contributed by atoms with Gasteiger partial charge in [0.15, 0.2) is 0 Å². The van der Waals surface area contributed by atoms with Gasteiger partial charge in [-0.3, -0.25) is 0 Å². The first-order valence-corrected chi connectivity index (χ1v) is 6.04. The van der Waals surface area contributed by atoms with Crippen LogP contribution in [-0.4, -0.2) is 66.7 Å². The zero-order valence-electron chi connectivity index (χ0n) is 11.8. The molecule has 1 atom stereocenters. The standard InChI is InChI=1S/C12H21NO6/c1-11(2,3)19-10(16)13-5-6-18-8-12(7-13,17-4)9(14)15/h5-8H2,1-4H3,(H,14,15). The van der Waals surface area contributed by atoms with Crippen LogP contribution in [0.25, 0.3) is 0 Å². The van der Waals surface area contributed by atoms with E-state index >= 15 is 0 Å². The average molecular weight is 275 g/mol. The maximum absolute atomic E-state index is 12.0. The topological polar surface area (TPSA) is 85.3 Å². The van der Waals surface area contributed by atoms with Gasteiger partial charge < -0.3 is 24.2 Å². The summed E-state index contributed by atoms with van der Waals surface area (Å²) in [6, 6.07) is 0. The predicted molar refractivity (Wildman–Crippen MR) is 66.0 cm³/mol. The van der Waals surface area contributed by atoms with Crippen molar-refractivity contribution in [3.8, 4) is 0 Å². The minimum absolute atomic E-state index is 0.0991. The Morgan fingerprint density at radius 3 is 2.47 bits per heavy atom. The van der Waals surface area contributed by atoms with Crippen molar-refractivity contribution in [3.63, 3.8) is 0 Å². The highest BCUT2D eigenvalue weighted by Crippen LogP contribution is 2.19. The number of carbonyl (C=O) groups excluding carboxylic acids is 1. The van der Waals surface area contributed by atoms with E-state index in [1.165, 1.54) is 12.0 Å². The molecule has 0 aromatic rings. The lowest BCUT2D eigenvalue weighted by molar-refractivity contribution is -0.169. The van der Waals surface area contributed by atoms with E-state index in [1.54, 1.807) is 20.8 Å². The Labute approximate surface area is 112 Å². The van der Waals surface area contributed by atoms with Crippen molar-refractivity contribution in [3.05, 3.63) is 0 Å². The molecule has 1 N–H and O–H groups in total. The molecule has 1 amide bonds. The monoisotopic (exact) mass is 275 g/mol. The van der Waals surface area contributed by atoms with E-state index in [-0.39, 0.29) is 26.3 Å². The molecule has 0 aromatic carbocycles. The second kappa shape index (κ2) is 5.75. The van der Waals surface area contributed by atoms with Crippen molar-refractivity contribution in [1.29, 1.82) is 0 Å². The molecule has 1 fully saturated rings. The molecule has 0 spiro atoms. The summed E-state index contributed by atoms with van der Waals surface area (Å²) >= 11 is 0. The molecule has 0 saturated carbocycles. The van der Waals surface area contributed by atoms with Crippen LogP contribution in [0.15, 0.2) is 0 Å². The average Bonchev–Trinajstić information content (AvgIpc) is 2.49. The highest BCUT2D eigenvalue weighted by molar-refractivity contribution is 5.79. The summed E-state index contributed by atoms with van der Waals surface area (Å²) in [7, 11) is 1.29. The third kappa shape index (κ3) is 4.07. The summed E-state index contributed by atoms with van der Waals surface area (Å²) < 4.78 is 15.5. The van der Waals surface area contributed by atoms with Crippen LogP contribution in [0.3, 0.4) is 0 Å². The van der Waals surface area contributed by atoms with E-state index in [9.17, 15) is 14.7 Å². The van der Waals surface area contributed by atoms with Crippen LogP contribution in [-0.2, 0) is 19.0 Å². The van der Waals surface area contributed by atoms with Gasteiger partial charge in [-0.1, -0.05) is 0 Å². The molecule has 1 heterocycles. The van der Waals surface area contributed by atoms with Crippen molar-refractivity contribution in [1.82, 2.24) is 4.90 Å². The molecule has 1 unspecified atom stereocenters. The molecule has 1 rings (SSSR count). The van der Waals surface area contributed by atoms with Gasteiger partial charge in [0.2, 0.25) is 5.60 Å².